The molecule has 1 aromatic heterocycles. The first-order valence-corrected chi connectivity index (χ1v) is 10.0. The van der Waals surface area contributed by atoms with Crippen LogP contribution in [-0.4, -0.2) is 52.8 Å². The number of morpholine rings is 1. The van der Waals surface area contributed by atoms with Gasteiger partial charge in [-0.1, -0.05) is 38.1 Å². The third kappa shape index (κ3) is 5.12. The molecule has 2 amide bonds. The number of anilines is 1. The molecule has 3 rings (SSSR count). The van der Waals surface area contributed by atoms with E-state index in [1.165, 1.54) is 17.8 Å². The minimum Gasteiger partial charge on any atom is -0.378 e. The molecule has 0 spiro atoms. The van der Waals surface area contributed by atoms with Gasteiger partial charge in [-0.2, -0.15) is 5.10 Å². The lowest BCUT2D eigenvalue weighted by molar-refractivity contribution is -0.111. The molecular weight excluding hydrogens is 368 g/mol. The summed E-state index contributed by atoms with van der Waals surface area (Å²) in [6.07, 6.45) is 4.75. The average molecular weight is 396 g/mol. The molecule has 1 N–H and O–H groups in total. The van der Waals surface area contributed by atoms with Crippen molar-refractivity contribution < 1.29 is 14.3 Å². The Kier molecular flexibility index (Phi) is 6.82. The Labute approximate surface area is 171 Å². The van der Waals surface area contributed by atoms with Crippen molar-refractivity contribution in [2.45, 2.75) is 33.2 Å². The third-order valence-corrected chi connectivity index (χ3v) is 4.93. The summed E-state index contributed by atoms with van der Waals surface area (Å²) in [6.45, 7) is 8.85. The van der Waals surface area contributed by atoms with Crippen molar-refractivity contribution in [1.82, 2.24) is 14.7 Å². The summed E-state index contributed by atoms with van der Waals surface area (Å²) in [6, 6.07) is 8.10. The summed E-state index contributed by atoms with van der Waals surface area (Å²) in [5, 5.41) is 7.04. The molecule has 0 atom stereocenters. The lowest BCUT2D eigenvalue weighted by Gasteiger charge is -2.27. The van der Waals surface area contributed by atoms with Crippen LogP contribution in [-0.2, 0) is 16.1 Å². The Balaban J connectivity index is 1.71. The highest BCUT2D eigenvalue weighted by molar-refractivity contribution is 6.06. The molecule has 0 bridgehead atoms. The number of nitrogens with one attached hydrogen (secondary N) is 1. The van der Waals surface area contributed by atoms with Crippen molar-refractivity contribution in [1.29, 1.82) is 0 Å². The highest BCUT2D eigenvalue weighted by atomic mass is 16.5. The second kappa shape index (κ2) is 9.52. The monoisotopic (exact) mass is 396 g/mol. The van der Waals surface area contributed by atoms with Crippen LogP contribution in [0, 0.1) is 0 Å². The number of hydrogen-bond acceptors (Lipinski definition) is 4. The van der Waals surface area contributed by atoms with E-state index in [-0.39, 0.29) is 11.8 Å². The van der Waals surface area contributed by atoms with E-state index >= 15 is 0 Å². The molecule has 0 saturated carbocycles. The number of rotatable bonds is 6. The van der Waals surface area contributed by atoms with Crippen LogP contribution < -0.4 is 5.32 Å². The van der Waals surface area contributed by atoms with Crippen molar-refractivity contribution in [3.05, 3.63) is 53.4 Å². The number of ether oxygens (including phenoxy) is 1. The summed E-state index contributed by atoms with van der Waals surface area (Å²) in [7, 11) is 0. The molecular formula is C22H28N4O3. The van der Waals surface area contributed by atoms with Crippen LogP contribution in [0.2, 0.25) is 0 Å². The fourth-order valence-electron chi connectivity index (χ4n) is 3.20. The van der Waals surface area contributed by atoms with Crippen molar-refractivity contribution in [3.63, 3.8) is 0 Å². The third-order valence-electron chi connectivity index (χ3n) is 4.93. The van der Waals surface area contributed by atoms with Gasteiger partial charge in [0.15, 0.2) is 0 Å². The zero-order valence-electron chi connectivity index (χ0n) is 17.2. The summed E-state index contributed by atoms with van der Waals surface area (Å²) in [5.41, 5.74) is 3.02. The molecule has 1 aliphatic rings. The van der Waals surface area contributed by atoms with Crippen molar-refractivity contribution in [2.75, 3.05) is 31.6 Å². The number of benzene rings is 1. The molecule has 2 heterocycles. The van der Waals surface area contributed by atoms with Crippen molar-refractivity contribution in [3.8, 4) is 0 Å². The molecule has 29 heavy (non-hydrogen) atoms. The smallest absolute Gasteiger partial charge is 0.274 e. The van der Waals surface area contributed by atoms with Gasteiger partial charge in [0.05, 0.1) is 25.1 Å². The number of carbonyl (C=O) groups excluding carboxylic acids is 2. The molecule has 2 aromatic rings. The molecule has 7 heteroatoms. The van der Waals surface area contributed by atoms with Gasteiger partial charge < -0.3 is 15.0 Å². The first-order valence-electron chi connectivity index (χ1n) is 10.0. The van der Waals surface area contributed by atoms with Crippen molar-refractivity contribution >= 4 is 23.6 Å². The lowest BCUT2D eigenvalue weighted by atomic mass is 10.0. The summed E-state index contributed by atoms with van der Waals surface area (Å²) in [5.74, 6) is 0.0228. The molecule has 154 valence electrons. The Morgan fingerprint density at radius 3 is 2.52 bits per heavy atom. The summed E-state index contributed by atoms with van der Waals surface area (Å²) >= 11 is 0. The minimum absolute atomic E-state index is 0.142. The number of aryl methyl sites for hydroxylation is 1. The average Bonchev–Trinajstić information content (AvgIpc) is 3.15. The van der Waals surface area contributed by atoms with E-state index in [9.17, 15) is 9.59 Å². The van der Waals surface area contributed by atoms with Crippen LogP contribution in [0.5, 0.6) is 0 Å². The van der Waals surface area contributed by atoms with Gasteiger partial charge in [0.1, 0.15) is 5.69 Å². The van der Waals surface area contributed by atoms with Gasteiger partial charge in [0.2, 0.25) is 5.91 Å². The zero-order chi connectivity index (χ0) is 20.8. The van der Waals surface area contributed by atoms with Gasteiger partial charge in [-0.3, -0.25) is 14.3 Å². The number of nitrogens with zero attached hydrogens (tertiary/aromatic N) is 3. The predicted molar refractivity (Wildman–Crippen MR) is 113 cm³/mol. The van der Waals surface area contributed by atoms with Gasteiger partial charge in [-0.15, -0.1) is 0 Å². The van der Waals surface area contributed by atoms with E-state index in [0.717, 1.165) is 5.56 Å². The van der Waals surface area contributed by atoms with Crippen LogP contribution in [0.1, 0.15) is 48.3 Å². The van der Waals surface area contributed by atoms with E-state index in [1.807, 2.05) is 19.1 Å². The first kappa shape index (κ1) is 20.8. The Morgan fingerprint density at radius 2 is 1.90 bits per heavy atom. The topological polar surface area (TPSA) is 76.5 Å². The van der Waals surface area contributed by atoms with Crippen LogP contribution in [0.4, 0.5) is 5.69 Å². The van der Waals surface area contributed by atoms with E-state index in [1.54, 1.807) is 15.7 Å². The molecule has 0 unspecified atom stereocenters. The van der Waals surface area contributed by atoms with E-state index in [0.29, 0.717) is 50.1 Å². The summed E-state index contributed by atoms with van der Waals surface area (Å²) < 4.78 is 6.93. The van der Waals surface area contributed by atoms with Crippen LogP contribution in [0.3, 0.4) is 0 Å². The summed E-state index contributed by atoms with van der Waals surface area (Å²) in [4.78, 5) is 27.1. The maximum atomic E-state index is 12.9. The molecule has 0 radical (unpaired) electrons. The Bertz CT molecular complexity index is 878. The SMILES string of the molecule is CCn1ncc(NC(=O)/C=C/c2ccc(C(C)C)cc2)c1C(=O)N1CCOCC1. The number of hydrogen-bond donors (Lipinski definition) is 1. The fourth-order valence-corrected chi connectivity index (χ4v) is 3.20. The highest BCUT2D eigenvalue weighted by Crippen LogP contribution is 2.19. The maximum absolute atomic E-state index is 12.9. The van der Waals surface area contributed by atoms with Gasteiger partial charge in [-0.05, 0) is 30.0 Å². The Morgan fingerprint density at radius 1 is 1.21 bits per heavy atom. The van der Waals surface area contributed by atoms with Gasteiger partial charge in [0, 0.05) is 25.7 Å². The molecule has 7 nitrogen and oxygen atoms in total. The minimum atomic E-state index is -0.301. The Hall–Kier alpha value is -2.93. The van der Waals surface area contributed by atoms with E-state index in [2.05, 4.69) is 36.4 Å². The highest BCUT2D eigenvalue weighted by Gasteiger charge is 2.25. The molecule has 1 aromatic carbocycles. The first-order chi connectivity index (χ1) is 14.0. The second-order valence-electron chi connectivity index (χ2n) is 7.27. The van der Waals surface area contributed by atoms with Crippen molar-refractivity contribution in [2.24, 2.45) is 0 Å². The van der Waals surface area contributed by atoms with Crippen LogP contribution in [0.15, 0.2) is 36.5 Å². The van der Waals surface area contributed by atoms with Crippen LogP contribution in [0.25, 0.3) is 6.08 Å². The maximum Gasteiger partial charge on any atom is 0.274 e. The number of amides is 2. The van der Waals surface area contributed by atoms with E-state index in [4.69, 9.17) is 4.74 Å². The van der Waals surface area contributed by atoms with Gasteiger partial charge >= 0.3 is 0 Å². The second-order valence-corrected chi connectivity index (χ2v) is 7.27. The van der Waals surface area contributed by atoms with E-state index < -0.39 is 0 Å². The predicted octanol–water partition coefficient (Wildman–Crippen LogP) is 3.15. The number of carbonyl (C=O) groups is 2. The van der Waals surface area contributed by atoms with Crippen LogP contribution >= 0.6 is 0 Å². The standard InChI is InChI=1S/C22H28N4O3/c1-4-26-21(22(28)25-11-13-29-14-12-25)19(15-23-26)24-20(27)10-7-17-5-8-18(9-6-17)16(2)3/h5-10,15-16H,4,11-14H2,1-3H3,(H,24,27)/b10-7+. The molecule has 1 fully saturated rings. The molecule has 1 aliphatic heterocycles. The molecule has 1 saturated heterocycles. The normalized spacial score (nSPS) is 14.6. The largest absolute Gasteiger partial charge is 0.378 e. The quantitative estimate of drug-likeness (QED) is 0.761. The van der Waals surface area contributed by atoms with Gasteiger partial charge in [-0.25, -0.2) is 0 Å². The fraction of sp³-hybridized carbons (Fsp3) is 0.409. The lowest BCUT2D eigenvalue weighted by Crippen LogP contribution is -2.41. The molecule has 0 aliphatic carbocycles. The zero-order valence-corrected chi connectivity index (χ0v) is 17.2. The number of aromatic nitrogens is 2. The van der Waals surface area contributed by atoms with Gasteiger partial charge in [0.25, 0.3) is 5.91 Å².